The van der Waals surface area contributed by atoms with Gasteiger partial charge in [-0.1, -0.05) is 0 Å². The Kier molecular flexibility index (Phi) is 3.55. The van der Waals surface area contributed by atoms with Crippen LogP contribution < -0.4 is 0 Å². The normalized spacial score (nSPS) is 16.8. The lowest BCUT2D eigenvalue weighted by Crippen LogP contribution is -2.29. The van der Waals surface area contributed by atoms with Crippen LogP contribution in [0, 0.1) is 15.0 Å². The quantitative estimate of drug-likeness (QED) is 0.360. The van der Waals surface area contributed by atoms with E-state index in [-0.39, 0.29) is 11.3 Å². The highest BCUT2D eigenvalue weighted by Gasteiger charge is 2.39. The number of carbonyl (C=O) groups is 1. The van der Waals surface area contributed by atoms with E-state index in [0.29, 0.717) is 12.8 Å². The third-order valence-electron chi connectivity index (χ3n) is 3.15. The maximum atomic E-state index is 11.9. The largest absolute Gasteiger partial charge is 0.430 e. The van der Waals surface area contributed by atoms with Crippen LogP contribution in [0.4, 0.5) is 5.69 Å². The fourth-order valence-corrected chi connectivity index (χ4v) is 2.09. The smallest absolute Gasteiger partial charge is 0.340 e. The van der Waals surface area contributed by atoms with Crippen molar-refractivity contribution >= 4 is 11.7 Å². The van der Waals surface area contributed by atoms with E-state index >= 15 is 0 Å². The van der Waals surface area contributed by atoms with Gasteiger partial charge in [0.15, 0.2) is 0 Å². The number of nitro groups is 1. The number of rotatable bonds is 4. The highest BCUT2D eigenvalue weighted by atomic mass is 16.6. The first kappa shape index (κ1) is 13.1. The number of benzene rings is 1. The van der Waals surface area contributed by atoms with E-state index in [1.54, 1.807) is 0 Å². The third kappa shape index (κ3) is 2.75. The van der Waals surface area contributed by atoms with Crippen LogP contribution in [0.2, 0.25) is 0 Å². The Morgan fingerprint density at radius 3 is 2.32 bits per heavy atom. The van der Waals surface area contributed by atoms with Crippen LogP contribution >= 0.6 is 0 Å². The zero-order chi connectivity index (χ0) is 13.9. The zero-order valence-corrected chi connectivity index (χ0v) is 10.1. The van der Waals surface area contributed by atoms with Gasteiger partial charge in [-0.15, -0.1) is 4.91 Å². The molecule has 0 atom stereocenters. The first-order valence-electron chi connectivity index (χ1n) is 5.89. The summed E-state index contributed by atoms with van der Waals surface area (Å²) in [5.41, 5.74) is -1.21. The molecule has 0 N–H and O–H groups in total. The van der Waals surface area contributed by atoms with Gasteiger partial charge in [0.1, 0.15) is 0 Å². The van der Waals surface area contributed by atoms with Gasteiger partial charge in [-0.3, -0.25) is 10.1 Å². The molecule has 7 nitrogen and oxygen atoms in total. The lowest BCUT2D eigenvalue weighted by molar-refractivity contribution is -0.384. The predicted octanol–water partition coefficient (Wildman–Crippen LogP) is 2.79. The van der Waals surface area contributed by atoms with Gasteiger partial charge in [-0.2, -0.15) is 0 Å². The second kappa shape index (κ2) is 5.13. The van der Waals surface area contributed by atoms with Crippen LogP contribution in [0.3, 0.4) is 0 Å². The Balaban J connectivity index is 2.11. The Bertz CT molecular complexity index is 505. The summed E-state index contributed by atoms with van der Waals surface area (Å²) in [6.45, 7) is 0. The molecule has 7 heteroatoms. The molecule has 1 saturated carbocycles. The van der Waals surface area contributed by atoms with Crippen LogP contribution in [0.15, 0.2) is 29.4 Å². The van der Waals surface area contributed by atoms with E-state index in [2.05, 4.69) is 5.18 Å². The highest BCUT2D eigenvalue weighted by molar-refractivity contribution is 5.90. The van der Waals surface area contributed by atoms with Gasteiger partial charge >= 0.3 is 5.97 Å². The van der Waals surface area contributed by atoms with Crippen LogP contribution in [0.25, 0.3) is 0 Å². The number of ether oxygens (including phenoxy) is 1. The number of esters is 1. The molecule has 0 amide bonds. The van der Waals surface area contributed by atoms with Crippen molar-refractivity contribution < 1.29 is 14.5 Å². The summed E-state index contributed by atoms with van der Waals surface area (Å²) < 4.78 is 5.15. The molecule has 0 aromatic heterocycles. The van der Waals surface area contributed by atoms with Crippen LogP contribution in [0.5, 0.6) is 0 Å². The monoisotopic (exact) mass is 264 g/mol. The van der Waals surface area contributed by atoms with Gasteiger partial charge in [0, 0.05) is 25.0 Å². The Labute approximate surface area is 108 Å². The molecule has 1 aromatic rings. The molecular weight excluding hydrogens is 252 g/mol. The average molecular weight is 264 g/mol. The summed E-state index contributed by atoms with van der Waals surface area (Å²) in [6, 6.07) is 5.03. The predicted molar refractivity (Wildman–Crippen MR) is 65.5 cm³/mol. The number of hydrogen-bond donors (Lipinski definition) is 0. The van der Waals surface area contributed by atoms with Gasteiger partial charge in [-0.05, 0) is 30.2 Å². The molecule has 1 aliphatic rings. The fourth-order valence-electron chi connectivity index (χ4n) is 2.09. The van der Waals surface area contributed by atoms with E-state index in [0.717, 1.165) is 12.8 Å². The van der Waals surface area contributed by atoms with Crippen molar-refractivity contribution in [2.45, 2.75) is 31.4 Å². The molecular formula is C12H12N2O5. The summed E-state index contributed by atoms with van der Waals surface area (Å²) >= 11 is 0. The van der Waals surface area contributed by atoms with E-state index in [1.807, 2.05) is 0 Å². The molecule has 0 heterocycles. The van der Waals surface area contributed by atoms with E-state index in [1.165, 1.54) is 24.3 Å². The minimum atomic E-state index is -1.27. The van der Waals surface area contributed by atoms with E-state index in [4.69, 9.17) is 4.74 Å². The number of nitrogens with zero attached hydrogens (tertiary/aromatic N) is 2. The molecule has 0 bridgehead atoms. The van der Waals surface area contributed by atoms with Crippen molar-refractivity contribution in [3.8, 4) is 0 Å². The minimum absolute atomic E-state index is 0.111. The molecule has 0 saturated heterocycles. The number of nitro benzene ring substituents is 1. The molecule has 0 spiro atoms. The van der Waals surface area contributed by atoms with Crippen molar-refractivity contribution in [2.75, 3.05) is 0 Å². The Hall–Kier alpha value is -2.31. The Morgan fingerprint density at radius 2 is 1.84 bits per heavy atom. The number of hydrogen-bond acceptors (Lipinski definition) is 6. The van der Waals surface area contributed by atoms with Crippen molar-refractivity contribution in [2.24, 2.45) is 5.18 Å². The van der Waals surface area contributed by atoms with Gasteiger partial charge < -0.3 is 4.74 Å². The van der Waals surface area contributed by atoms with Crippen molar-refractivity contribution in [1.29, 1.82) is 0 Å². The van der Waals surface area contributed by atoms with Gasteiger partial charge in [-0.25, -0.2) is 4.79 Å². The fraction of sp³-hybridized carbons (Fsp3) is 0.417. The molecule has 1 aliphatic carbocycles. The second-order valence-electron chi connectivity index (χ2n) is 4.44. The number of nitroso groups, excluding NO2 is 1. The molecule has 0 radical (unpaired) electrons. The SMILES string of the molecule is O=NC1(OC(=O)c2ccc([N+](=O)[O-])cc2)CCCC1. The molecule has 100 valence electrons. The second-order valence-corrected chi connectivity index (χ2v) is 4.44. The lowest BCUT2D eigenvalue weighted by atomic mass is 10.2. The topological polar surface area (TPSA) is 98.9 Å². The van der Waals surface area contributed by atoms with Crippen LogP contribution in [-0.2, 0) is 4.74 Å². The van der Waals surface area contributed by atoms with Crippen molar-refractivity contribution in [3.63, 3.8) is 0 Å². The number of carbonyl (C=O) groups excluding carboxylic acids is 1. The number of non-ortho nitro benzene ring substituents is 1. The maximum absolute atomic E-state index is 11.9. The molecule has 0 unspecified atom stereocenters. The van der Waals surface area contributed by atoms with Gasteiger partial charge in [0.25, 0.3) is 5.69 Å². The van der Waals surface area contributed by atoms with E-state index in [9.17, 15) is 19.8 Å². The van der Waals surface area contributed by atoms with E-state index < -0.39 is 16.6 Å². The molecule has 1 aromatic carbocycles. The first-order valence-corrected chi connectivity index (χ1v) is 5.89. The minimum Gasteiger partial charge on any atom is -0.430 e. The molecule has 2 rings (SSSR count). The lowest BCUT2D eigenvalue weighted by Gasteiger charge is -2.20. The summed E-state index contributed by atoms with van der Waals surface area (Å²) in [4.78, 5) is 32.6. The molecule has 0 aliphatic heterocycles. The molecule has 19 heavy (non-hydrogen) atoms. The Morgan fingerprint density at radius 1 is 1.26 bits per heavy atom. The standard InChI is InChI=1S/C12H12N2O5/c15-11(19-12(13-16)7-1-2-8-12)9-3-5-10(6-4-9)14(17)18/h3-6H,1-2,7-8H2. The summed E-state index contributed by atoms with van der Waals surface area (Å²) in [5.74, 6) is -0.684. The zero-order valence-electron chi connectivity index (χ0n) is 10.1. The first-order chi connectivity index (χ1) is 9.06. The maximum Gasteiger partial charge on any atom is 0.340 e. The summed E-state index contributed by atoms with van der Waals surface area (Å²) in [5, 5.41) is 13.4. The van der Waals surface area contributed by atoms with Crippen molar-refractivity contribution in [1.82, 2.24) is 0 Å². The third-order valence-corrected chi connectivity index (χ3v) is 3.15. The van der Waals surface area contributed by atoms with Crippen LogP contribution in [0.1, 0.15) is 36.0 Å². The van der Waals surface area contributed by atoms with Gasteiger partial charge in [0.05, 0.1) is 10.5 Å². The summed E-state index contributed by atoms with van der Waals surface area (Å²) in [7, 11) is 0. The van der Waals surface area contributed by atoms with Gasteiger partial charge in [0.2, 0.25) is 5.72 Å². The molecule has 1 fully saturated rings. The summed E-state index contributed by atoms with van der Waals surface area (Å²) in [6.07, 6.45) is 2.43. The van der Waals surface area contributed by atoms with Crippen molar-refractivity contribution in [3.05, 3.63) is 44.9 Å². The van der Waals surface area contributed by atoms with Crippen LogP contribution in [-0.4, -0.2) is 16.6 Å². The average Bonchev–Trinajstić information content (AvgIpc) is 2.88. The highest BCUT2D eigenvalue weighted by Crippen LogP contribution is 2.35.